The molecule has 2 amide bonds. The van der Waals surface area contributed by atoms with E-state index in [1.807, 2.05) is 12.1 Å². The highest BCUT2D eigenvalue weighted by Crippen LogP contribution is 2.14. The number of primary amides is 2. The van der Waals surface area contributed by atoms with Crippen molar-refractivity contribution in [2.75, 3.05) is 13.1 Å². The third-order valence-electron chi connectivity index (χ3n) is 6.41. The maximum Gasteiger partial charge on any atom is 0.346 e. The van der Waals surface area contributed by atoms with Crippen molar-refractivity contribution >= 4 is 35.7 Å². The van der Waals surface area contributed by atoms with E-state index in [2.05, 4.69) is 0 Å². The number of hydrogen-bond acceptors (Lipinski definition) is 12. The minimum Gasteiger partial charge on any atom is -0.388 e. The molecule has 258 valence electrons. The van der Waals surface area contributed by atoms with E-state index in [4.69, 9.17) is 43.9 Å². The van der Waals surface area contributed by atoms with Crippen LogP contribution in [0.1, 0.15) is 80.0 Å². The molecule has 0 spiro atoms. The summed E-state index contributed by atoms with van der Waals surface area (Å²) in [5, 5.41) is 0. The smallest absolute Gasteiger partial charge is 0.346 e. The molecule has 0 radical (unpaired) electrons. The molecule has 0 aliphatic heterocycles. The lowest BCUT2D eigenvalue weighted by molar-refractivity contribution is -0.141. The Hall–Kier alpha value is -5.28. The lowest BCUT2D eigenvalue weighted by Crippen LogP contribution is -2.35. The van der Waals surface area contributed by atoms with E-state index in [9.17, 15) is 28.8 Å². The van der Waals surface area contributed by atoms with Gasteiger partial charge in [-0.15, -0.1) is 0 Å². The van der Waals surface area contributed by atoms with Gasteiger partial charge in [-0.25, -0.2) is 19.2 Å². The fourth-order valence-electron chi connectivity index (χ4n) is 3.74. The lowest BCUT2D eigenvalue weighted by atomic mass is 10.1. The quantitative estimate of drug-likeness (QED) is 0.0813. The first-order chi connectivity index (χ1) is 22.9. The summed E-state index contributed by atoms with van der Waals surface area (Å²) in [6, 6.07) is 21.0. The van der Waals surface area contributed by atoms with Crippen LogP contribution in [0.5, 0.6) is 0 Å². The molecule has 0 bridgehead atoms. The number of unbranched alkanes of at least 4 members (excludes halogenated alkanes) is 2. The summed E-state index contributed by atoms with van der Waals surface area (Å²) in [7, 11) is 0. The zero-order chi connectivity index (χ0) is 35.9. The van der Waals surface area contributed by atoms with E-state index >= 15 is 0 Å². The third-order valence-corrected chi connectivity index (χ3v) is 6.41. The van der Waals surface area contributed by atoms with Crippen molar-refractivity contribution in [3.05, 3.63) is 107 Å². The molecule has 0 fully saturated rings. The van der Waals surface area contributed by atoms with Gasteiger partial charge in [-0.1, -0.05) is 61.4 Å². The molecule has 0 aliphatic carbocycles. The number of amides is 2. The van der Waals surface area contributed by atoms with Crippen LogP contribution in [0.4, 0.5) is 0 Å². The Labute approximate surface area is 279 Å². The lowest BCUT2D eigenvalue weighted by Gasteiger charge is -2.13. The summed E-state index contributed by atoms with van der Waals surface area (Å²) < 4.78 is 9.55. The van der Waals surface area contributed by atoms with E-state index in [0.717, 1.165) is 0 Å². The van der Waals surface area contributed by atoms with Gasteiger partial charge in [0, 0.05) is 11.1 Å². The van der Waals surface area contributed by atoms with Crippen molar-refractivity contribution in [1.82, 2.24) is 0 Å². The Morgan fingerprint density at radius 3 is 1.08 bits per heavy atom. The van der Waals surface area contributed by atoms with E-state index in [0.29, 0.717) is 62.7 Å². The molecule has 2 atom stereocenters. The predicted octanol–water partition coefficient (Wildman–Crippen LogP) is 1.54. The summed E-state index contributed by atoms with van der Waals surface area (Å²) >= 11 is 0. The van der Waals surface area contributed by atoms with Gasteiger partial charge >= 0.3 is 23.9 Å². The summed E-state index contributed by atoms with van der Waals surface area (Å²) in [6.07, 6.45) is 3.21. The first kappa shape index (κ1) is 40.7. The molecular formula is C34H44N6O8. The van der Waals surface area contributed by atoms with Crippen molar-refractivity contribution in [2.45, 2.75) is 50.6 Å². The van der Waals surface area contributed by atoms with Gasteiger partial charge in [-0.2, -0.15) is 0 Å². The van der Waals surface area contributed by atoms with Gasteiger partial charge in [-0.05, 0) is 75.2 Å². The number of benzene rings is 3. The van der Waals surface area contributed by atoms with Crippen molar-refractivity contribution in [1.29, 1.82) is 0 Å². The number of rotatable bonds is 14. The minimum atomic E-state index is -1.07. The minimum absolute atomic E-state index is 0.227. The monoisotopic (exact) mass is 664 g/mol. The highest BCUT2D eigenvalue weighted by Gasteiger charge is 2.26. The van der Waals surface area contributed by atoms with Crippen LogP contribution in [0.25, 0.3) is 0 Å². The topological polar surface area (TPSA) is 277 Å². The molecule has 0 saturated carbocycles. The van der Waals surface area contributed by atoms with Crippen LogP contribution in [0, 0.1) is 0 Å². The molecule has 3 aromatic carbocycles. The normalized spacial score (nSPS) is 11.2. The molecule has 0 aliphatic rings. The van der Waals surface area contributed by atoms with E-state index in [1.165, 1.54) is 24.3 Å². The average Bonchev–Trinajstić information content (AvgIpc) is 3.09. The van der Waals surface area contributed by atoms with Crippen LogP contribution < -0.4 is 34.4 Å². The Morgan fingerprint density at radius 2 is 0.812 bits per heavy atom. The molecule has 0 saturated heterocycles. The van der Waals surface area contributed by atoms with Gasteiger partial charge in [0.2, 0.25) is 11.8 Å². The van der Waals surface area contributed by atoms with Crippen molar-refractivity contribution < 1.29 is 38.2 Å². The first-order valence-electron chi connectivity index (χ1n) is 15.1. The van der Waals surface area contributed by atoms with Gasteiger partial charge in [0.05, 0.1) is 11.1 Å². The molecule has 14 heteroatoms. The van der Waals surface area contributed by atoms with Crippen LogP contribution in [-0.4, -0.2) is 60.9 Å². The van der Waals surface area contributed by atoms with E-state index in [1.54, 1.807) is 48.5 Å². The second kappa shape index (κ2) is 23.1. The van der Waals surface area contributed by atoms with Gasteiger partial charge in [0.25, 0.3) is 0 Å². The highest BCUT2D eigenvalue weighted by atomic mass is 16.6. The largest absolute Gasteiger partial charge is 0.388 e. The fourth-order valence-corrected chi connectivity index (χ4v) is 3.74. The Bertz CT molecular complexity index is 1360. The van der Waals surface area contributed by atoms with Crippen LogP contribution >= 0.6 is 0 Å². The first-order valence-corrected chi connectivity index (χ1v) is 15.1. The maximum absolute atomic E-state index is 12.4. The number of carbonyl (C=O) groups excluding carboxylic acids is 6. The predicted molar refractivity (Wildman–Crippen MR) is 179 cm³/mol. The molecule has 3 aromatic rings. The second-order valence-electron chi connectivity index (χ2n) is 10.2. The third kappa shape index (κ3) is 15.8. The van der Waals surface area contributed by atoms with E-state index in [-0.39, 0.29) is 22.9 Å². The maximum atomic E-state index is 12.4. The summed E-state index contributed by atoms with van der Waals surface area (Å²) in [5.41, 5.74) is 32.8. The summed E-state index contributed by atoms with van der Waals surface area (Å²) in [5.74, 6) is -4.73. The van der Waals surface area contributed by atoms with Gasteiger partial charge in [-0.3, -0.25) is 9.59 Å². The molecule has 12 N–H and O–H groups in total. The molecule has 48 heavy (non-hydrogen) atoms. The number of carbonyl (C=O) groups is 6. The zero-order valence-electron chi connectivity index (χ0n) is 26.6. The SMILES string of the molecule is NC(=O)c1ccccc1.NC(=O)c1ccccc1.NCCCC[C@H](N)C(=O)OC(=O)c1ccccc1C(=O)OC(=O)[C@@H](N)CCCCN. The van der Waals surface area contributed by atoms with Crippen LogP contribution in [-0.2, 0) is 19.1 Å². The van der Waals surface area contributed by atoms with Crippen LogP contribution in [0.15, 0.2) is 84.9 Å². The van der Waals surface area contributed by atoms with Crippen molar-refractivity contribution in [3.8, 4) is 0 Å². The molecule has 0 unspecified atom stereocenters. The highest BCUT2D eigenvalue weighted by molar-refractivity contribution is 6.08. The van der Waals surface area contributed by atoms with Crippen molar-refractivity contribution in [3.63, 3.8) is 0 Å². The molecule has 3 rings (SSSR count). The Kier molecular flexibility index (Phi) is 19.6. The standard InChI is InChI=1S/C20H30N4O6.2C7H7NO/c21-11-5-3-9-15(23)19(27)29-17(25)13-7-1-2-8-14(13)18(26)30-20(28)16(24)10-4-6-12-22;2*8-7(9)6-4-2-1-3-5-6/h1-2,7-8,15-16H,3-6,9-12,21-24H2;2*1-5H,(H2,8,9)/t15-,16-;;/m0../s1. The van der Waals surface area contributed by atoms with Crippen LogP contribution in [0.2, 0.25) is 0 Å². The Balaban J connectivity index is 0.000000511. The average molecular weight is 665 g/mol. The molecule has 0 heterocycles. The number of hydrogen-bond donors (Lipinski definition) is 6. The van der Waals surface area contributed by atoms with Gasteiger partial charge < -0.3 is 43.9 Å². The summed E-state index contributed by atoms with van der Waals surface area (Å²) in [6.45, 7) is 0.928. The Morgan fingerprint density at radius 1 is 0.500 bits per heavy atom. The number of esters is 4. The van der Waals surface area contributed by atoms with Gasteiger partial charge in [0.1, 0.15) is 12.1 Å². The van der Waals surface area contributed by atoms with Gasteiger partial charge in [0.15, 0.2) is 0 Å². The zero-order valence-corrected chi connectivity index (χ0v) is 26.6. The van der Waals surface area contributed by atoms with E-state index < -0.39 is 36.0 Å². The fraction of sp³-hybridized carbons (Fsp3) is 0.294. The summed E-state index contributed by atoms with van der Waals surface area (Å²) in [4.78, 5) is 69.6. The number of nitrogens with two attached hydrogens (primary N) is 6. The molecule has 14 nitrogen and oxygen atoms in total. The number of ether oxygens (including phenoxy) is 2. The second-order valence-corrected chi connectivity index (χ2v) is 10.2. The van der Waals surface area contributed by atoms with Crippen molar-refractivity contribution in [2.24, 2.45) is 34.4 Å². The molecular weight excluding hydrogens is 620 g/mol. The molecule has 0 aromatic heterocycles. The van der Waals surface area contributed by atoms with Crippen LogP contribution in [0.3, 0.4) is 0 Å².